The predicted molar refractivity (Wildman–Crippen MR) is 69.1 cm³/mol. The highest BCUT2D eigenvalue weighted by Crippen LogP contribution is 2.31. The maximum Gasteiger partial charge on any atom is 0.377 e. The number of cyclic esters (lactones) is 1. The van der Waals surface area contributed by atoms with Crippen molar-refractivity contribution >= 4 is 11.9 Å². The molecule has 0 saturated carbocycles. The largest absolute Gasteiger partial charge is 0.480 e. The summed E-state index contributed by atoms with van der Waals surface area (Å²) in [6.07, 6.45) is 0.600. The van der Waals surface area contributed by atoms with Crippen molar-refractivity contribution in [3.63, 3.8) is 0 Å². The molecule has 0 amide bonds. The minimum absolute atomic E-state index is 0.0804. The third-order valence-corrected chi connectivity index (χ3v) is 3.83. The topological polar surface area (TPSA) is 78.9 Å². The van der Waals surface area contributed by atoms with Gasteiger partial charge in [0.2, 0.25) is 0 Å². The van der Waals surface area contributed by atoms with Crippen LogP contribution in [-0.2, 0) is 14.3 Å². The van der Waals surface area contributed by atoms with Crippen molar-refractivity contribution in [3.05, 3.63) is 0 Å². The zero-order valence-corrected chi connectivity index (χ0v) is 11.7. The monoisotopic (exact) mass is 306 g/mol. The molecule has 120 valence electrons. The van der Waals surface area contributed by atoms with Crippen LogP contribution in [0.3, 0.4) is 0 Å². The van der Waals surface area contributed by atoms with E-state index in [4.69, 9.17) is 9.84 Å². The summed E-state index contributed by atoms with van der Waals surface area (Å²) in [7, 11) is 0. The van der Waals surface area contributed by atoms with E-state index in [-0.39, 0.29) is 12.5 Å². The summed E-state index contributed by atoms with van der Waals surface area (Å²) >= 11 is 0. The van der Waals surface area contributed by atoms with Crippen LogP contribution in [0.15, 0.2) is 0 Å². The number of carboxylic acids is 1. The zero-order chi connectivity index (χ0) is 15.5. The number of nitrogens with one attached hydrogen (secondary N) is 1. The first-order valence-electron chi connectivity index (χ1n) is 7.10. The number of piperidine rings is 1. The normalized spacial score (nSPS) is 29.3. The molecule has 0 aromatic heterocycles. The second-order valence-electron chi connectivity index (χ2n) is 5.73. The molecule has 0 aliphatic carbocycles. The van der Waals surface area contributed by atoms with E-state index in [0.717, 1.165) is 19.4 Å². The first kappa shape index (κ1) is 16.1. The van der Waals surface area contributed by atoms with Crippen molar-refractivity contribution in [1.82, 2.24) is 10.2 Å². The molecule has 2 heterocycles. The van der Waals surface area contributed by atoms with Gasteiger partial charge in [-0.1, -0.05) is 0 Å². The van der Waals surface area contributed by atoms with Crippen molar-refractivity contribution in [1.29, 1.82) is 0 Å². The number of ether oxygens (including phenoxy) is 1. The minimum Gasteiger partial charge on any atom is -0.480 e. The van der Waals surface area contributed by atoms with Crippen molar-refractivity contribution < 1.29 is 28.2 Å². The third-order valence-electron chi connectivity index (χ3n) is 3.83. The van der Waals surface area contributed by atoms with Crippen molar-refractivity contribution in [3.8, 4) is 0 Å². The molecule has 0 aromatic carbocycles. The number of nitrogens with zero attached hydrogens (tertiary/aromatic N) is 1. The van der Waals surface area contributed by atoms with Gasteiger partial charge in [0, 0.05) is 13.1 Å². The number of alkyl halides is 2. The fourth-order valence-electron chi connectivity index (χ4n) is 2.91. The highest BCUT2D eigenvalue weighted by molar-refractivity contribution is 5.79. The summed E-state index contributed by atoms with van der Waals surface area (Å²) in [6, 6.07) is 0. The molecule has 2 aliphatic heterocycles. The average molecular weight is 306 g/mol. The molecule has 2 rings (SSSR count). The lowest BCUT2D eigenvalue weighted by atomic mass is 9.97. The van der Waals surface area contributed by atoms with E-state index in [1.807, 2.05) is 4.90 Å². The van der Waals surface area contributed by atoms with Crippen LogP contribution in [-0.4, -0.2) is 66.7 Å². The Morgan fingerprint density at radius 2 is 2.29 bits per heavy atom. The molecule has 2 unspecified atom stereocenters. The Labute approximate surface area is 121 Å². The third kappa shape index (κ3) is 4.60. The number of carbonyl (C=O) groups excluding carboxylic acids is 1. The molecule has 2 atom stereocenters. The Balaban J connectivity index is 1.74. The van der Waals surface area contributed by atoms with E-state index in [2.05, 4.69) is 5.32 Å². The summed E-state index contributed by atoms with van der Waals surface area (Å²) in [5, 5.41) is 11.4. The minimum atomic E-state index is -3.36. The van der Waals surface area contributed by atoms with Crippen LogP contribution in [0.1, 0.15) is 19.3 Å². The number of carboxylic acid groups (broad SMARTS) is 1. The summed E-state index contributed by atoms with van der Waals surface area (Å²) in [5.74, 6) is -5.40. The van der Waals surface area contributed by atoms with Gasteiger partial charge in [-0.3, -0.25) is 9.69 Å². The van der Waals surface area contributed by atoms with E-state index in [1.165, 1.54) is 0 Å². The van der Waals surface area contributed by atoms with E-state index in [0.29, 0.717) is 19.6 Å². The zero-order valence-electron chi connectivity index (χ0n) is 11.7. The summed E-state index contributed by atoms with van der Waals surface area (Å²) in [4.78, 5) is 23.4. The molecule has 2 saturated heterocycles. The molecule has 21 heavy (non-hydrogen) atoms. The van der Waals surface area contributed by atoms with Gasteiger partial charge >= 0.3 is 17.9 Å². The van der Waals surface area contributed by atoms with Gasteiger partial charge < -0.3 is 15.2 Å². The summed E-state index contributed by atoms with van der Waals surface area (Å²) in [6.45, 7) is 2.31. The molecule has 0 bridgehead atoms. The number of rotatable bonds is 6. The highest BCUT2D eigenvalue weighted by atomic mass is 19.3. The Kier molecular flexibility index (Phi) is 5.10. The predicted octanol–water partition coefficient (Wildman–Crippen LogP) is 0.323. The second kappa shape index (κ2) is 6.65. The van der Waals surface area contributed by atoms with Crippen LogP contribution in [0.4, 0.5) is 8.78 Å². The second-order valence-corrected chi connectivity index (χ2v) is 5.73. The van der Waals surface area contributed by atoms with E-state index in [9.17, 15) is 18.4 Å². The maximum absolute atomic E-state index is 13.1. The van der Waals surface area contributed by atoms with Gasteiger partial charge in [0.1, 0.15) is 6.10 Å². The lowest BCUT2D eigenvalue weighted by molar-refractivity contribution is -0.159. The average Bonchev–Trinajstić information content (AvgIpc) is 2.62. The number of likely N-dealkylation sites (tertiary alicyclic amines) is 1. The molecular weight excluding hydrogens is 286 g/mol. The maximum atomic E-state index is 13.1. The van der Waals surface area contributed by atoms with E-state index in [1.54, 1.807) is 0 Å². The molecule has 8 heteroatoms. The van der Waals surface area contributed by atoms with Crippen molar-refractivity contribution in [2.45, 2.75) is 31.3 Å². The number of hydrogen-bond donors (Lipinski definition) is 2. The van der Waals surface area contributed by atoms with Crippen LogP contribution in [0.2, 0.25) is 0 Å². The van der Waals surface area contributed by atoms with Crippen LogP contribution in [0.5, 0.6) is 0 Å². The molecule has 0 spiro atoms. The van der Waals surface area contributed by atoms with Crippen LogP contribution in [0, 0.1) is 5.92 Å². The molecule has 0 aromatic rings. The first-order chi connectivity index (χ1) is 9.87. The van der Waals surface area contributed by atoms with Crippen LogP contribution < -0.4 is 5.32 Å². The lowest BCUT2D eigenvalue weighted by Crippen LogP contribution is -2.43. The van der Waals surface area contributed by atoms with E-state index < -0.39 is 30.4 Å². The number of esters is 1. The fourth-order valence-corrected chi connectivity index (χ4v) is 2.91. The molecule has 2 aliphatic rings. The smallest absolute Gasteiger partial charge is 0.377 e. The van der Waals surface area contributed by atoms with Crippen molar-refractivity contribution in [2.75, 3.05) is 32.7 Å². The number of aliphatic carboxylic acids is 1. The first-order valence-corrected chi connectivity index (χ1v) is 7.10. The van der Waals surface area contributed by atoms with Gasteiger partial charge in [-0.05, 0) is 31.8 Å². The van der Waals surface area contributed by atoms with Gasteiger partial charge in [0.15, 0.2) is 0 Å². The summed E-state index contributed by atoms with van der Waals surface area (Å²) in [5.41, 5.74) is 0. The van der Waals surface area contributed by atoms with Gasteiger partial charge in [0.05, 0.1) is 13.0 Å². The van der Waals surface area contributed by atoms with Gasteiger partial charge in [0.25, 0.3) is 0 Å². The Hall–Kier alpha value is -1.28. The molecule has 2 N–H and O–H groups in total. The Morgan fingerprint density at radius 1 is 1.52 bits per heavy atom. The van der Waals surface area contributed by atoms with E-state index >= 15 is 0 Å². The van der Waals surface area contributed by atoms with Crippen molar-refractivity contribution in [2.24, 2.45) is 5.92 Å². The van der Waals surface area contributed by atoms with Crippen LogP contribution in [0.25, 0.3) is 0 Å². The molecular formula is C13H20F2N2O4. The fraction of sp³-hybridized carbons (Fsp3) is 0.846. The van der Waals surface area contributed by atoms with Crippen LogP contribution >= 0.6 is 0 Å². The number of carbonyl (C=O) groups is 2. The quantitative estimate of drug-likeness (QED) is 0.688. The standard InChI is InChI=1S/C13H20F2N2O4/c14-13(15)4-10(21-12(13)20)8-17-3-1-2-9(7-17)5-16-6-11(18)19/h9-10,16H,1-8H2,(H,18,19). The van der Waals surface area contributed by atoms with Gasteiger partial charge in [-0.15, -0.1) is 0 Å². The highest BCUT2D eigenvalue weighted by Gasteiger charge is 2.51. The molecule has 6 nitrogen and oxygen atoms in total. The Bertz CT molecular complexity index is 406. The number of halogens is 2. The molecule has 2 fully saturated rings. The lowest BCUT2D eigenvalue weighted by Gasteiger charge is -2.33. The number of hydrogen-bond acceptors (Lipinski definition) is 5. The SMILES string of the molecule is O=C(O)CNCC1CCCN(CC2CC(F)(F)C(=O)O2)C1. The van der Waals surface area contributed by atoms with Gasteiger partial charge in [-0.2, -0.15) is 8.78 Å². The summed E-state index contributed by atoms with van der Waals surface area (Å²) < 4.78 is 30.9. The Morgan fingerprint density at radius 3 is 2.90 bits per heavy atom. The van der Waals surface area contributed by atoms with Gasteiger partial charge in [-0.25, -0.2) is 4.79 Å². The molecule has 0 radical (unpaired) electrons.